The minimum atomic E-state index is -0.909. The molecule has 2 aliphatic rings. The lowest BCUT2D eigenvalue weighted by Gasteiger charge is -2.19. The second-order valence-electron chi connectivity index (χ2n) is 3.92. The van der Waals surface area contributed by atoms with E-state index in [-0.39, 0.29) is 12.2 Å². The summed E-state index contributed by atoms with van der Waals surface area (Å²) in [6.07, 6.45) is -1.80. The highest BCUT2D eigenvalue weighted by Gasteiger charge is 2.58. The highest BCUT2D eigenvalue weighted by atomic mass is 16.7. The molecule has 0 amide bonds. The summed E-state index contributed by atoms with van der Waals surface area (Å²) >= 11 is 0. The van der Waals surface area contributed by atoms with E-state index < -0.39 is 36.4 Å². The van der Waals surface area contributed by atoms with Crippen molar-refractivity contribution in [3.63, 3.8) is 0 Å². The summed E-state index contributed by atoms with van der Waals surface area (Å²) in [5.41, 5.74) is 0. The number of ether oxygens (including phenoxy) is 3. The number of hydrogen-bond donors (Lipinski definition) is 0. The number of carbonyl (C=O) groups is 3. The molecule has 1 saturated heterocycles. The average Bonchev–Trinajstić information content (AvgIpc) is 2.55. The van der Waals surface area contributed by atoms with Gasteiger partial charge < -0.3 is 14.2 Å². The summed E-state index contributed by atoms with van der Waals surface area (Å²) in [6, 6.07) is 0. The Labute approximate surface area is 91.8 Å². The number of carbonyl (C=O) groups excluding carboxylic acids is 3. The van der Waals surface area contributed by atoms with E-state index >= 15 is 0 Å². The number of esters is 2. The number of ketones is 1. The Morgan fingerprint density at radius 3 is 2.44 bits per heavy atom. The zero-order valence-corrected chi connectivity index (χ0v) is 8.97. The molecule has 2 bridgehead atoms. The van der Waals surface area contributed by atoms with Crippen molar-refractivity contribution in [2.75, 3.05) is 0 Å². The van der Waals surface area contributed by atoms with E-state index in [9.17, 15) is 14.4 Å². The zero-order valence-electron chi connectivity index (χ0n) is 8.97. The van der Waals surface area contributed by atoms with E-state index in [1.54, 1.807) is 0 Å². The molecule has 16 heavy (non-hydrogen) atoms. The van der Waals surface area contributed by atoms with E-state index in [1.165, 1.54) is 13.8 Å². The fraction of sp³-hybridized carbons (Fsp3) is 0.700. The number of Topliss-reactive ketones (excluding diaryl/α,β-unsaturated/α-hetero) is 1. The SMILES string of the molecule is CC(=O)OC1O[C@H]2CC(=O)[C@@H]1[C@H]2OC(C)=O. The summed E-state index contributed by atoms with van der Waals surface area (Å²) in [5, 5.41) is 0. The monoisotopic (exact) mass is 228 g/mol. The summed E-state index contributed by atoms with van der Waals surface area (Å²) in [5.74, 6) is -1.75. The Kier molecular flexibility index (Phi) is 2.67. The van der Waals surface area contributed by atoms with Crippen LogP contribution in [0.5, 0.6) is 0 Å². The van der Waals surface area contributed by atoms with Crippen molar-refractivity contribution in [2.45, 2.75) is 38.8 Å². The second kappa shape index (κ2) is 3.86. The van der Waals surface area contributed by atoms with E-state index in [4.69, 9.17) is 14.2 Å². The van der Waals surface area contributed by atoms with Gasteiger partial charge in [0, 0.05) is 20.3 Å². The van der Waals surface area contributed by atoms with Crippen LogP contribution in [0.2, 0.25) is 0 Å². The molecule has 6 heteroatoms. The lowest BCUT2D eigenvalue weighted by atomic mass is 10.1. The van der Waals surface area contributed by atoms with Crippen molar-refractivity contribution in [3.05, 3.63) is 0 Å². The van der Waals surface area contributed by atoms with Gasteiger partial charge in [0.2, 0.25) is 6.29 Å². The van der Waals surface area contributed by atoms with Crippen molar-refractivity contribution in [1.29, 1.82) is 0 Å². The predicted molar refractivity (Wildman–Crippen MR) is 49.1 cm³/mol. The Morgan fingerprint density at radius 2 is 1.88 bits per heavy atom. The molecule has 0 aromatic heterocycles. The molecule has 1 aliphatic heterocycles. The van der Waals surface area contributed by atoms with Crippen LogP contribution in [-0.4, -0.2) is 36.2 Å². The lowest BCUT2D eigenvalue weighted by Crippen LogP contribution is -2.33. The number of rotatable bonds is 2. The largest absolute Gasteiger partial charge is 0.459 e. The van der Waals surface area contributed by atoms with Gasteiger partial charge in [-0.2, -0.15) is 0 Å². The van der Waals surface area contributed by atoms with Gasteiger partial charge in [0.05, 0.1) is 0 Å². The van der Waals surface area contributed by atoms with Crippen LogP contribution in [0.1, 0.15) is 20.3 Å². The maximum atomic E-state index is 11.6. The minimum absolute atomic E-state index is 0.0891. The first-order valence-corrected chi connectivity index (χ1v) is 5.01. The van der Waals surface area contributed by atoms with E-state index in [0.29, 0.717) is 0 Å². The molecule has 1 saturated carbocycles. The summed E-state index contributed by atoms with van der Waals surface area (Å²) in [7, 11) is 0. The molecule has 2 rings (SSSR count). The Morgan fingerprint density at radius 1 is 1.25 bits per heavy atom. The zero-order chi connectivity index (χ0) is 11.9. The van der Waals surface area contributed by atoms with Crippen LogP contribution in [0.4, 0.5) is 0 Å². The molecule has 0 spiro atoms. The number of fused-ring (bicyclic) bond motifs is 2. The van der Waals surface area contributed by atoms with Gasteiger partial charge in [-0.15, -0.1) is 0 Å². The standard InChI is InChI=1S/C10H12O6/c1-4(11)14-9-7-3-6(13)8(9)10(16-7)15-5(2)12/h7-10H,3H2,1-2H3/t7-,8+,9-,10?/m0/s1. The molecule has 0 radical (unpaired) electrons. The summed E-state index contributed by atoms with van der Waals surface area (Å²) in [4.78, 5) is 33.2. The molecule has 0 N–H and O–H groups in total. The molecule has 2 fully saturated rings. The maximum Gasteiger partial charge on any atom is 0.304 e. The fourth-order valence-electron chi connectivity index (χ4n) is 2.16. The molecule has 0 aromatic carbocycles. The molecular formula is C10H12O6. The summed E-state index contributed by atoms with van der Waals surface area (Å²) < 4.78 is 15.2. The van der Waals surface area contributed by atoms with Gasteiger partial charge in [-0.05, 0) is 0 Å². The lowest BCUT2D eigenvalue weighted by molar-refractivity contribution is -0.187. The van der Waals surface area contributed by atoms with Crippen molar-refractivity contribution >= 4 is 17.7 Å². The third-order valence-corrected chi connectivity index (χ3v) is 2.68. The van der Waals surface area contributed by atoms with Gasteiger partial charge in [-0.1, -0.05) is 0 Å². The van der Waals surface area contributed by atoms with Crippen LogP contribution in [0.3, 0.4) is 0 Å². The van der Waals surface area contributed by atoms with Gasteiger partial charge in [0.1, 0.15) is 23.9 Å². The quantitative estimate of drug-likeness (QED) is 0.609. The second-order valence-corrected chi connectivity index (χ2v) is 3.92. The Hall–Kier alpha value is -1.43. The Balaban J connectivity index is 2.10. The van der Waals surface area contributed by atoms with Gasteiger partial charge >= 0.3 is 11.9 Å². The van der Waals surface area contributed by atoms with Gasteiger partial charge in [-0.25, -0.2) is 0 Å². The predicted octanol–water partition coefficient (Wildman–Crippen LogP) is -0.205. The van der Waals surface area contributed by atoms with Gasteiger partial charge in [0.15, 0.2) is 0 Å². The molecule has 6 nitrogen and oxygen atoms in total. The first-order chi connectivity index (χ1) is 7.49. The first kappa shape index (κ1) is 11.1. The summed E-state index contributed by atoms with van der Waals surface area (Å²) in [6.45, 7) is 2.50. The van der Waals surface area contributed by atoms with Crippen LogP contribution < -0.4 is 0 Å². The maximum absolute atomic E-state index is 11.6. The topological polar surface area (TPSA) is 78.9 Å². The van der Waals surface area contributed by atoms with Crippen LogP contribution in [0.15, 0.2) is 0 Å². The molecule has 1 unspecified atom stereocenters. The first-order valence-electron chi connectivity index (χ1n) is 5.01. The van der Waals surface area contributed by atoms with Crippen LogP contribution in [-0.2, 0) is 28.6 Å². The number of hydrogen-bond acceptors (Lipinski definition) is 6. The molecule has 1 heterocycles. The van der Waals surface area contributed by atoms with E-state index in [2.05, 4.69) is 0 Å². The average molecular weight is 228 g/mol. The van der Waals surface area contributed by atoms with E-state index in [0.717, 1.165) is 0 Å². The van der Waals surface area contributed by atoms with Crippen molar-refractivity contribution in [3.8, 4) is 0 Å². The van der Waals surface area contributed by atoms with Crippen molar-refractivity contribution in [2.24, 2.45) is 5.92 Å². The van der Waals surface area contributed by atoms with Crippen LogP contribution in [0, 0.1) is 5.92 Å². The van der Waals surface area contributed by atoms with Gasteiger partial charge in [-0.3, -0.25) is 14.4 Å². The smallest absolute Gasteiger partial charge is 0.304 e. The third-order valence-electron chi connectivity index (χ3n) is 2.68. The highest BCUT2D eigenvalue weighted by molar-refractivity contribution is 5.87. The normalized spacial score (nSPS) is 36.2. The van der Waals surface area contributed by atoms with Crippen LogP contribution in [0.25, 0.3) is 0 Å². The molecule has 1 aliphatic carbocycles. The molecular weight excluding hydrogens is 216 g/mol. The Bertz CT molecular complexity index is 349. The molecule has 4 atom stereocenters. The van der Waals surface area contributed by atoms with Crippen molar-refractivity contribution in [1.82, 2.24) is 0 Å². The van der Waals surface area contributed by atoms with E-state index in [1.807, 2.05) is 0 Å². The fourth-order valence-corrected chi connectivity index (χ4v) is 2.16. The molecule has 0 aromatic rings. The van der Waals surface area contributed by atoms with Gasteiger partial charge in [0.25, 0.3) is 0 Å². The highest BCUT2D eigenvalue weighted by Crippen LogP contribution is 2.40. The third kappa shape index (κ3) is 1.80. The molecule has 88 valence electrons. The van der Waals surface area contributed by atoms with Crippen LogP contribution >= 0.6 is 0 Å². The minimum Gasteiger partial charge on any atom is -0.459 e. The van der Waals surface area contributed by atoms with Crippen molar-refractivity contribution < 1.29 is 28.6 Å².